The standard InChI is InChI=1S/C28H28F4/c1-17(2)25(29)26(30)19(4)7-8-20-9-13-22(14-10-20)24-16-15-23(27(31)28(24)32)21-11-5-18(3)6-12-21/h7-10,13-16,18,21H,1,4-6,11-12H2,2-3H3/b8-7+,26-25-. The van der Waals surface area contributed by atoms with Crippen molar-refractivity contribution in [2.24, 2.45) is 5.92 Å². The van der Waals surface area contributed by atoms with Crippen LogP contribution in [0.15, 0.2) is 78.4 Å². The summed E-state index contributed by atoms with van der Waals surface area (Å²) in [7, 11) is 0. The number of halogens is 4. The number of hydrogen-bond acceptors (Lipinski definition) is 0. The Hall–Kier alpha value is -2.88. The van der Waals surface area contributed by atoms with Gasteiger partial charge in [-0.05, 0) is 53.9 Å². The van der Waals surface area contributed by atoms with Crippen molar-refractivity contribution in [3.8, 4) is 11.1 Å². The Bertz CT molecular complexity index is 1070. The van der Waals surface area contributed by atoms with Crippen LogP contribution in [0.2, 0.25) is 0 Å². The molecule has 0 saturated heterocycles. The van der Waals surface area contributed by atoms with Crippen LogP contribution in [0.3, 0.4) is 0 Å². The minimum Gasteiger partial charge on any atom is -0.203 e. The monoisotopic (exact) mass is 440 g/mol. The molecule has 0 heterocycles. The zero-order valence-electron chi connectivity index (χ0n) is 18.5. The Kier molecular flexibility index (Phi) is 7.55. The van der Waals surface area contributed by atoms with E-state index in [4.69, 9.17) is 0 Å². The van der Waals surface area contributed by atoms with Gasteiger partial charge in [0.15, 0.2) is 23.3 Å². The SMILES string of the molecule is C=C(C)/C(F)=C(/F)C(=C)/C=C/c1ccc(-c2ccc(C3CCC(C)CC3)c(F)c2F)cc1. The van der Waals surface area contributed by atoms with Crippen molar-refractivity contribution >= 4 is 6.08 Å². The lowest BCUT2D eigenvalue weighted by atomic mass is 9.79. The maximum absolute atomic E-state index is 14.9. The Labute approximate surface area is 187 Å². The normalized spacial score (nSPS) is 19.7. The minimum absolute atomic E-state index is 0.0141. The molecule has 0 aliphatic heterocycles. The van der Waals surface area contributed by atoms with E-state index in [1.54, 1.807) is 42.5 Å². The van der Waals surface area contributed by atoms with Crippen molar-refractivity contribution in [1.29, 1.82) is 0 Å². The Morgan fingerprint density at radius 2 is 1.50 bits per heavy atom. The smallest absolute Gasteiger partial charge is 0.166 e. The fourth-order valence-corrected chi connectivity index (χ4v) is 4.05. The first kappa shape index (κ1) is 23.8. The first-order valence-electron chi connectivity index (χ1n) is 10.9. The molecule has 2 aromatic carbocycles. The third-order valence-electron chi connectivity index (χ3n) is 6.12. The van der Waals surface area contributed by atoms with E-state index >= 15 is 0 Å². The summed E-state index contributed by atoms with van der Waals surface area (Å²) in [6.45, 7) is 10.4. The van der Waals surface area contributed by atoms with Crippen LogP contribution in [0.25, 0.3) is 17.2 Å². The van der Waals surface area contributed by atoms with Gasteiger partial charge in [-0.3, -0.25) is 0 Å². The van der Waals surface area contributed by atoms with E-state index in [9.17, 15) is 17.6 Å². The van der Waals surface area contributed by atoms with Crippen LogP contribution in [0.1, 0.15) is 56.6 Å². The second kappa shape index (κ2) is 10.2. The van der Waals surface area contributed by atoms with Crippen molar-refractivity contribution in [1.82, 2.24) is 0 Å². The molecule has 1 saturated carbocycles. The largest absolute Gasteiger partial charge is 0.203 e. The topological polar surface area (TPSA) is 0 Å². The van der Waals surface area contributed by atoms with Gasteiger partial charge in [-0.2, -0.15) is 0 Å². The Morgan fingerprint density at radius 3 is 2.09 bits per heavy atom. The van der Waals surface area contributed by atoms with Gasteiger partial charge >= 0.3 is 0 Å². The van der Waals surface area contributed by atoms with Gasteiger partial charge in [0.1, 0.15) is 0 Å². The minimum atomic E-state index is -1.06. The summed E-state index contributed by atoms with van der Waals surface area (Å²) < 4.78 is 57.2. The van der Waals surface area contributed by atoms with Crippen LogP contribution in [-0.4, -0.2) is 0 Å². The van der Waals surface area contributed by atoms with Gasteiger partial charge in [0.2, 0.25) is 0 Å². The summed E-state index contributed by atoms with van der Waals surface area (Å²) >= 11 is 0. The van der Waals surface area contributed by atoms with Gasteiger partial charge in [-0.1, -0.05) is 81.5 Å². The van der Waals surface area contributed by atoms with E-state index in [2.05, 4.69) is 20.1 Å². The molecule has 0 radical (unpaired) electrons. The molecule has 0 unspecified atom stereocenters. The molecule has 0 amide bonds. The highest BCUT2D eigenvalue weighted by atomic mass is 19.2. The second-order valence-electron chi connectivity index (χ2n) is 8.68. The summed E-state index contributed by atoms with van der Waals surface area (Å²) in [6, 6.07) is 10.1. The summed E-state index contributed by atoms with van der Waals surface area (Å²) in [4.78, 5) is 0. The van der Waals surface area contributed by atoms with Crippen LogP contribution >= 0.6 is 0 Å². The van der Waals surface area contributed by atoms with Gasteiger partial charge in [0.25, 0.3) is 0 Å². The van der Waals surface area contributed by atoms with E-state index in [1.165, 1.54) is 13.0 Å². The van der Waals surface area contributed by atoms with Crippen LogP contribution in [0, 0.1) is 17.6 Å². The molecule has 168 valence electrons. The molecule has 0 atom stereocenters. The summed E-state index contributed by atoms with van der Waals surface area (Å²) in [5, 5.41) is 0. The molecule has 0 aromatic heterocycles. The lowest BCUT2D eigenvalue weighted by molar-refractivity contribution is 0.339. The fourth-order valence-electron chi connectivity index (χ4n) is 4.05. The van der Waals surface area contributed by atoms with Crippen LogP contribution < -0.4 is 0 Å². The highest BCUT2D eigenvalue weighted by molar-refractivity contribution is 5.67. The first-order valence-corrected chi connectivity index (χ1v) is 10.9. The number of rotatable bonds is 6. The molecule has 1 aliphatic rings. The third-order valence-corrected chi connectivity index (χ3v) is 6.12. The molecule has 2 aromatic rings. The molecule has 4 heteroatoms. The van der Waals surface area contributed by atoms with E-state index in [-0.39, 0.29) is 22.6 Å². The van der Waals surface area contributed by atoms with Crippen LogP contribution in [-0.2, 0) is 0 Å². The highest BCUT2D eigenvalue weighted by Crippen LogP contribution is 2.38. The summed E-state index contributed by atoms with van der Waals surface area (Å²) in [6.07, 6.45) is 6.77. The third kappa shape index (κ3) is 5.29. The number of allylic oxidation sites excluding steroid dienone is 5. The van der Waals surface area contributed by atoms with Gasteiger partial charge in [0, 0.05) is 11.1 Å². The zero-order valence-corrected chi connectivity index (χ0v) is 18.5. The lowest BCUT2D eigenvalue weighted by Crippen LogP contribution is -2.13. The maximum atomic E-state index is 14.9. The Balaban J connectivity index is 1.77. The van der Waals surface area contributed by atoms with Gasteiger partial charge in [-0.25, -0.2) is 17.6 Å². The van der Waals surface area contributed by atoms with Crippen molar-refractivity contribution in [2.75, 3.05) is 0 Å². The molecular weight excluding hydrogens is 412 g/mol. The molecule has 0 spiro atoms. The van der Waals surface area contributed by atoms with E-state index in [0.717, 1.165) is 25.7 Å². The van der Waals surface area contributed by atoms with Gasteiger partial charge < -0.3 is 0 Å². The maximum Gasteiger partial charge on any atom is 0.166 e. The Morgan fingerprint density at radius 1 is 0.875 bits per heavy atom. The van der Waals surface area contributed by atoms with Gasteiger partial charge in [-0.15, -0.1) is 0 Å². The molecule has 1 aliphatic carbocycles. The zero-order chi connectivity index (χ0) is 23.4. The predicted octanol–water partition coefficient (Wildman–Crippen LogP) is 9.22. The second-order valence-corrected chi connectivity index (χ2v) is 8.68. The van der Waals surface area contributed by atoms with E-state index < -0.39 is 23.3 Å². The molecule has 0 N–H and O–H groups in total. The number of hydrogen-bond donors (Lipinski definition) is 0. The summed E-state index contributed by atoms with van der Waals surface area (Å²) in [5.41, 5.74) is 1.77. The van der Waals surface area contributed by atoms with Gasteiger partial charge in [0.05, 0.1) is 0 Å². The quantitative estimate of drug-likeness (QED) is 0.310. The van der Waals surface area contributed by atoms with Crippen molar-refractivity contribution < 1.29 is 17.6 Å². The molecule has 32 heavy (non-hydrogen) atoms. The summed E-state index contributed by atoms with van der Waals surface area (Å²) in [5.74, 6) is -2.97. The van der Waals surface area contributed by atoms with Crippen molar-refractivity contribution in [3.63, 3.8) is 0 Å². The molecule has 0 bridgehead atoms. The predicted molar refractivity (Wildman–Crippen MR) is 124 cm³/mol. The molecule has 3 rings (SSSR count). The van der Waals surface area contributed by atoms with E-state index in [0.29, 0.717) is 22.6 Å². The van der Waals surface area contributed by atoms with Crippen LogP contribution in [0.5, 0.6) is 0 Å². The average Bonchev–Trinajstić information content (AvgIpc) is 2.79. The molecule has 1 fully saturated rings. The first-order chi connectivity index (χ1) is 15.2. The average molecular weight is 441 g/mol. The molecular formula is C28H28F4. The molecule has 0 nitrogen and oxygen atoms in total. The van der Waals surface area contributed by atoms with Crippen molar-refractivity contribution in [3.05, 3.63) is 101 Å². The lowest BCUT2D eigenvalue weighted by Gasteiger charge is -2.27. The highest BCUT2D eigenvalue weighted by Gasteiger charge is 2.25. The van der Waals surface area contributed by atoms with Crippen LogP contribution in [0.4, 0.5) is 17.6 Å². The fraction of sp³-hybridized carbons (Fsp3) is 0.286. The number of benzene rings is 2. The van der Waals surface area contributed by atoms with Crippen molar-refractivity contribution in [2.45, 2.75) is 45.4 Å². The van der Waals surface area contributed by atoms with E-state index in [1.807, 2.05) is 0 Å².